The van der Waals surface area contributed by atoms with Crippen molar-refractivity contribution >= 4 is 16.9 Å². The molecule has 0 radical (unpaired) electrons. The van der Waals surface area contributed by atoms with E-state index in [4.69, 9.17) is 4.99 Å². The van der Waals surface area contributed by atoms with Gasteiger partial charge in [0.05, 0.1) is 11.7 Å². The van der Waals surface area contributed by atoms with Gasteiger partial charge in [-0.05, 0) is 56.2 Å². The number of hydrogen-bond donors (Lipinski definition) is 0. The summed E-state index contributed by atoms with van der Waals surface area (Å²) >= 11 is 1.88. The van der Waals surface area contributed by atoms with E-state index in [1.165, 1.54) is 22.5 Å². The highest BCUT2D eigenvalue weighted by Gasteiger charge is 2.44. The van der Waals surface area contributed by atoms with Gasteiger partial charge in [-0.3, -0.25) is 9.98 Å². The molecule has 0 amide bonds. The van der Waals surface area contributed by atoms with Crippen LogP contribution in [0.1, 0.15) is 47.2 Å². The molecular weight excluding hydrogens is 378 g/mol. The van der Waals surface area contributed by atoms with Crippen LogP contribution in [0.4, 0.5) is 0 Å². The highest BCUT2D eigenvalue weighted by atomic mass is 32.2. The van der Waals surface area contributed by atoms with Crippen LogP contribution in [0.3, 0.4) is 0 Å². The van der Waals surface area contributed by atoms with Crippen LogP contribution in [0, 0.1) is 20.8 Å². The molecule has 3 aromatic heterocycles. The first-order chi connectivity index (χ1) is 14.0. The normalized spacial score (nSPS) is 23.4. The summed E-state index contributed by atoms with van der Waals surface area (Å²) in [6, 6.07) is 12.8. The minimum Gasteiger partial charge on any atom is -0.341 e. The highest BCUT2D eigenvalue weighted by Crippen LogP contribution is 2.48. The van der Waals surface area contributed by atoms with E-state index in [-0.39, 0.29) is 12.1 Å². The topological polar surface area (TPSA) is 46.3 Å². The number of aryl methyl sites for hydroxylation is 2. The number of aromatic nitrogens is 3. The summed E-state index contributed by atoms with van der Waals surface area (Å²) < 4.78 is 2.26. The standard InChI is InChI=1S/C23H25N5S/c1-14-8-9-20(25-12-14)28-15(2)11-18(17(28)4)22-21(19-7-5-6-10-24-19)26-23-27(22)13-16(3)29-23/h5-12,16,21-22H,13H2,1-4H3. The molecule has 29 heavy (non-hydrogen) atoms. The number of fused-ring (bicyclic) bond motifs is 1. The molecule has 0 aromatic carbocycles. The first-order valence-corrected chi connectivity index (χ1v) is 10.9. The molecule has 1 fully saturated rings. The number of pyridine rings is 2. The van der Waals surface area contributed by atoms with Gasteiger partial charge in [-0.1, -0.05) is 30.8 Å². The molecule has 5 rings (SSSR count). The Morgan fingerprint density at radius 3 is 2.66 bits per heavy atom. The van der Waals surface area contributed by atoms with Gasteiger partial charge in [0.25, 0.3) is 0 Å². The van der Waals surface area contributed by atoms with Crippen molar-refractivity contribution in [2.75, 3.05) is 6.54 Å². The summed E-state index contributed by atoms with van der Waals surface area (Å²) in [4.78, 5) is 16.9. The van der Waals surface area contributed by atoms with E-state index in [0.29, 0.717) is 5.25 Å². The van der Waals surface area contributed by atoms with Crippen molar-refractivity contribution in [3.8, 4) is 5.82 Å². The predicted octanol–water partition coefficient (Wildman–Crippen LogP) is 4.78. The molecule has 0 bridgehead atoms. The van der Waals surface area contributed by atoms with Crippen LogP contribution in [-0.2, 0) is 0 Å². The minimum absolute atomic E-state index is 0.0196. The quantitative estimate of drug-likeness (QED) is 0.631. The minimum atomic E-state index is 0.0196. The fraction of sp³-hybridized carbons (Fsp3) is 0.348. The lowest BCUT2D eigenvalue weighted by Crippen LogP contribution is -2.28. The van der Waals surface area contributed by atoms with Crippen LogP contribution in [0.2, 0.25) is 0 Å². The third-order valence-electron chi connectivity index (χ3n) is 5.80. The van der Waals surface area contributed by atoms with Gasteiger partial charge < -0.3 is 9.47 Å². The number of hydrogen-bond acceptors (Lipinski definition) is 5. The lowest BCUT2D eigenvalue weighted by atomic mass is 9.96. The Labute approximate surface area is 175 Å². The molecule has 6 heteroatoms. The second-order valence-corrected chi connectivity index (χ2v) is 9.40. The Morgan fingerprint density at radius 2 is 1.93 bits per heavy atom. The zero-order valence-electron chi connectivity index (χ0n) is 17.2. The van der Waals surface area contributed by atoms with E-state index in [1.54, 1.807) is 0 Å². The van der Waals surface area contributed by atoms with Crippen LogP contribution in [0.25, 0.3) is 5.82 Å². The zero-order valence-corrected chi connectivity index (χ0v) is 18.0. The van der Waals surface area contributed by atoms with Gasteiger partial charge in [0.1, 0.15) is 11.9 Å². The van der Waals surface area contributed by atoms with Gasteiger partial charge in [0.2, 0.25) is 0 Å². The molecule has 0 aliphatic carbocycles. The average molecular weight is 404 g/mol. The maximum atomic E-state index is 5.11. The first-order valence-electron chi connectivity index (χ1n) is 10.1. The summed E-state index contributed by atoms with van der Waals surface area (Å²) in [5.41, 5.74) is 5.94. The molecule has 0 spiro atoms. The Morgan fingerprint density at radius 1 is 1.07 bits per heavy atom. The van der Waals surface area contributed by atoms with E-state index in [2.05, 4.69) is 77.5 Å². The largest absolute Gasteiger partial charge is 0.341 e. The molecule has 3 unspecified atom stereocenters. The summed E-state index contributed by atoms with van der Waals surface area (Å²) in [7, 11) is 0. The second kappa shape index (κ2) is 7.02. The molecule has 2 aliphatic rings. The van der Waals surface area contributed by atoms with Crippen LogP contribution < -0.4 is 0 Å². The average Bonchev–Trinajstić information content (AvgIpc) is 3.33. The number of amidine groups is 1. The maximum absolute atomic E-state index is 5.11. The number of aliphatic imine (C=N–C) groups is 1. The van der Waals surface area contributed by atoms with Crippen molar-refractivity contribution in [1.82, 2.24) is 19.4 Å². The van der Waals surface area contributed by atoms with E-state index in [1.807, 2.05) is 30.2 Å². The number of nitrogens with zero attached hydrogens (tertiary/aromatic N) is 5. The molecule has 5 nitrogen and oxygen atoms in total. The van der Waals surface area contributed by atoms with Gasteiger partial charge in [-0.15, -0.1) is 0 Å². The van der Waals surface area contributed by atoms with Gasteiger partial charge in [0, 0.05) is 35.6 Å². The molecule has 0 N–H and O–H groups in total. The highest BCUT2D eigenvalue weighted by molar-refractivity contribution is 8.14. The molecule has 0 saturated carbocycles. The Hall–Kier alpha value is -2.60. The van der Waals surface area contributed by atoms with Gasteiger partial charge in [-0.2, -0.15) is 0 Å². The van der Waals surface area contributed by atoms with Gasteiger partial charge >= 0.3 is 0 Å². The fourth-order valence-electron chi connectivity index (χ4n) is 4.49. The first kappa shape index (κ1) is 18.4. The van der Waals surface area contributed by atoms with Crippen molar-refractivity contribution in [3.05, 3.63) is 77.0 Å². The summed E-state index contributed by atoms with van der Waals surface area (Å²) in [5, 5.41) is 1.71. The van der Waals surface area contributed by atoms with E-state index >= 15 is 0 Å². The lowest BCUT2D eigenvalue weighted by Gasteiger charge is -2.27. The smallest absolute Gasteiger partial charge is 0.160 e. The molecule has 2 aliphatic heterocycles. The molecule has 3 aromatic rings. The van der Waals surface area contributed by atoms with Crippen molar-refractivity contribution in [2.24, 2.45) is 4.99 Å². The van der Waals surface area contributed by atoms with Crippen molar-refractivity contribution in [3.63, 3.8) is 0 Å². The fourth-order valence-corrected chi connectivity index (χ4v) is 5.58. The summed E-state index contributed by atoms with van der Waals surface area (Å²) in [5.74, 6) is 0.967. The van der Waals surface area contributed by atoms with Crippen LogP contribution in [0.15, 0.2) is 53.8 Å². The zero-order chi connectivity index (χ0) is 20.1. The van der Waals surface area contributed by atoms with E-state index < -0.39 is 0 Å². The van der Waals surface area contributed by atoms with Crippen LogP contribution >= 0.6 is 11.8 Å². The second-order valence-electron chi connectivity index (χ2n) is 7.99. The van der Waals surface area contributed by atoms with Gasteiger partial charge in [0.15, 0.2) is 5.17 Å². The van der Waals surface area contributed by atoms with E-state index in [9.17, 15) is 0 Å². The maximum Gasteiger partial charge on any atom is 0.160 e. The van der Waals surface area contributed by atoms with Crippen LogP contribution in [-0.4, -0.2) is 36.4 Å². The summed E-state index contributed by atoms with van der Waals surface area (Å²) in [6.07, 6.45) is 3.80. The molecule has 148 valence electrons. The SMILES string of the molecule is Cc1ccc(-n2c(C)cc(C3C(c4ccccn4)N=C4SC(C)CN43)c2C)nc1. The Balaban J connectivity index is 1.62. The third kappa shape index (κ3) is 3.06. The lowest BCUT2D eigenvalue weighted by molar-refractivity contribution is 0.320. The van der Waals surface area contributed by atoms with Crippen LogP contribution in [0.5, 0.6) is 0 Å². The van der Waals surface area contributed by atoms with Crippen molar-refractivity contribution < 1.29 is 0 Å². The Bertz CT molecular complexity index is 1070. The summed E-state index contributed by atoms with van der Waals surface area (Å²) in [6.45, 7) is 9.72. The molecule has 1 saturated heterocycles. The van der Waals surface area contributed by atoms with Gasteiger partial charge in [-0.25, -0.2) is 4.98 Å². The molecule has 5 heterocycles. The molecule has 3 atom stereocenters. The third-order valence-corrected chi connectivity index (χ3v) is 6.90. The van der Waals surface area contributed by atoms with Crippen molar-refractivity contribution in [2.45, 2.75) is 45.0 Å². The van der Waals surface area contributed by atoms with E-state index in [0.717, 1.165) is 23.2 Å². The predicted molar refractivity (Wildman–Crippen MR) is 119 cm³/mol. The monoisotopic (exact) mass is 403 g/mol. The number of rotatable bonds is 3. The Kier molecular flexibility index (Phi) is 4.46. The molecular formula is C23H25N5S. The number of thioether (sulfide) groups is 1. The van der Waals surface area contributed by atoms with Crippen molar-refractivity contribution in [1.29, 1.82) is 0 Å².